The molecule has 1 aliphatic rings. The van der Waals surface area contributed by atoms with Gasteiger partial charge in [-0.1, -0.05) is 13.8 Å². The van der Waals surface area contributed by atoms with E-state index in [0.29, 0.717) is 6.04 Å². The Morgan fingerprint density at radius 2 is 1.87 bits per heavy atom. The van der Waals surface area contributed by atoms with E-state index in [1.807, 2.05) is 18.2 Å². The van der Waals surface area contributed by atoms with Crippen molar-refractivity contribution in [2.45, 2.75) is 51.6 Å². The Bertz CT molecular complexity index is 697. The first-order chi connectivity index (χ1) is 11.2. The first-order valence-electron chi connectivity index (χ1n) is 8.83. The number of aromatic amines is 1. The Morgan fingerprint density at radius 3 is 2.57 bits per heavy atom. The topological polar surface area (TPSA) is 48.1 Å². The zero-order valence-electron chi connectivity index (χ0n) is 14.1. The van der Waals surface area contributed by atoms with E-state index in [-0.39, 0.29) is 5.56 Å². The van der Waals surface area contributed by atoms with Crippen LogP contribution in [0.5, 0.6) is 0 Å². The minimum Gasteiger partial charge on any atom is -0.382 e. The number of rotatable bonds is 5. The normalized spacial score (nSPS) is 21.7. The van der Waals surface area contributed by atoms with Crippen LogP contribution in [0.25, 0.3) is 10.8 Å². The summed E-state index contributed by atoms with van der Waals surface area (Å²) in [5.74, 6) is 0. The van der Waals surface area contributed by atoms with Crippen LogP contribution in [-0.2, 0) is 0 Å². The minimum absolute atomic E-state index is 0.0196. The van der Waals surface area contributed by atoms with E-state index in [1.54, 1.807) is 6.20 Å². The van der Waals surface area contributed by atoms with Crippen LogP contribution in [0.4, 0.5) is 5.69 Å². The Morgan fingerprint density at radius 1 is 1.13 bits per heavy atom. The van der Waals surface area contributed by atoms with Crippen molar-refractivity contribution in [1.82, 2.24) is 9.88 Å². The van der Waals surface area contributed by atoms with Crippen LogP contribution in [-0.4, -0.2) is 35.1 Å². The number of H-pyrrole nitrogens is 1. The predicted molar refractivity (Wildman–Crippen MR) is 97.2 cm³/mol. The van der Waals surface area contributed by atoms with Gasteiger partial charge in [0, 0.05) is 29.4 Å². The molecule has 0 saturated heterocycles. The summed E-state index contributed by atoms with van der Waals surface area (Å²) in [7, 11) is 0. The summed E-state index contributed by atoms with van der Waals surface area (Å²) in [6, 6.07) is 9.27. The Labute approximate surface area is 137 Å². The quantitative estimate of drug-likeness (QED) is 0.887. The molecule has 1 saturated carbocycles. The van der Waals surface area contributed by atoms with Crippen molar-refractivity contribution >= 4 is 16.5 Å². The predicted octanol–water partition coefficient (Wildman–Crippen LogP) is 3.59. The Hall–Kier alpha value is -1.81. The maximum atomic E-state index is 11.8. The van der Waals surface area contributed by atoms with E-state index < -0.39 is 0 Å². The molecule has 0 spiro atoms. The van der Waals surface area contributed by atoms with Crippen LogP contribution in [0.15, 0.2) is 35.3 Å². The molecule has 1 aromatic carbocycles. The van der Waals surface area contributed by atoms with Crippen molar-refractivity contribution < 1.29 is 0 Å². The van der Waals surface area contributed by atoms with Crippen molar-refractivity contribution in [2.75, 3.05) is 18.4 Å². The summed E-state index contributed by atoms with van der Waals surface area (Å²) < 4.78 is 0. The number of nitrogens with zero attached hydrogens (tertiary/aromatic N) is 1. The van der Waals surface area contributed by atoms with E-state index >= 15 is 0 Å². The van der Waals surface area contributed by atoms with Crippen LogP contribution in [0.2, 0.25) is 0 Å². The SMILES string of the molecule is CCN(CC)[C@H]1CC[C@@H](Nc2ccc3c(=O)[nH]ccc3c2)CC1. The van der Waals surface area contributed by atoms with Gasteiger partial charge in [0.1, 0.15) is 0 Å². The van der Waals surface area contributed by atoms with E-state index in [0.717, 1.165) is 35.6 Å². The summed E-state index contributed by atoms with van der Waals surface area (Å²) in [5.41, 5.74) is 1.10. The minimum atomic E-state index is -0.0196. The molecule has 3 rings (SSSR count). The molecule has 124 valence electrons. The van der Waals surface area contributed by atoms with Crippen molar-refractivity contribution in [2.24, 2.45) is 0 Å². The molecule has 4 heteroatoms. The van der Waals surface area contributed by atoms with Crippen LogP contribution in [0.1, 0.15) is 39.5 Å². The third kappa shape index (κ3) is 3.58. The summed E-state index contributed by atoms with van der Waals surface area (Å²) in [6.45, 7) is 6.81. The lowest BCUT2D eigenvalue weighted by Crippen LogP contribution is -2.40. The van der Waals surface area contributed by atoms with Crippen molar-refractivity contribution in [3.63, 3.8) is 0 Å². The number of hydrogen-bond acceptors (Lipinski definition) is 3. The van der Waals surface area contributed by atoms with Gasteiger partial charge in [-0.15, -0.1) is 0 Å². The number of anilines is 1. The van der Waals surface area contributed by atoms with E-state index in [1.165, 1.54) is 25.7 Å². The molecule has 0 amide bonds. The number of hydrogen-bond donors (Lipinski definition) is 2. The lowest BCUT2D eigenvalue weighted by molar-refractivity contribution is 0.167. The van der Waals surface area contributed by atoms with Gasteiger partial charge in [-0.05, 0) is 68.4 Å². The van der Waals surface area contributed by atoms with Gasteiger partial charge in [-0.3, -0.25) is 4.79 Å². The van der Waals surface area contributed by atoms with Crippen LogP contribution >= 0.6 is 0 Å². The van der Waals surface area contributed by atoms with Gasteiger partial charge in [0.25, 0.3) is 5.56 Å². The molecule has 1 aromatic heterocycles. The number of nitrogens with one attached hydrogen (secondary N) is 2. The van der Waals surface area contributed by atoms with E-state index in [4.69, 9.17) is 0 Å². The Kier molecular flexibility index (Phi) is 5.01. The first-order valence-corrected chi connectivity index (χ1v) is 8.83. The molecule has 0 unspecified atom stereocenters. The molecule has 0 atom stereocenters. The molecular weight excluding hydrogens is 286 g/mol. The fourth-order valence-corrected chi connectivity index (χ4v) is 3.84. The van der Waals surface area contributed by atoms with Gasteiger partial charge < -0.3 is 15.2 Å². The molecule has 1 aliphatic carbocycles. The molecular formula is C19H27N3O. The maximum Gasteiger partial charge on any atom is 0.255 e. The zero-order valence-corrected chi connectivity index (χ0v) is 14.1. The molecule has 23 heavy (non-hydrogen) atoms. The summed E-state index contributed by atoms with van der Waals surface area (Å²) in [4.78, 5) is 17.1. The molecule has 2 aromatic rings. The fraction of sp³-hybridized carbons (Fsp3) is 0.526. The number of fused-ring (bicyclic) bond motifs is 1. The highest BCUT2D eigenvalue weighted by atomic mass is 16.1. The van der Waals surface area contributed by atoms with Gasteiger partial charge in [-0.2, -0.15) is 0 Å². The summed E-state index contributed by atoms with van der Waals surface area (Å²) >= 11 is 0. The Balaban J connectivity index is 1.64. The van der Waals surface area contributed by atoms with Crippen molar-refractivity contribution in [3.05, 3.63) is 40.8 Å². The number of benzene rings is 1. The third-order valence-electron chi connectivity index (χ3n) is 5.17. The van der Waals surface area contributed by atoms with Crippen molar-refractivity contribution in [3.8, 4) is 0 Å². The number of pyridine rings is 1. The number of aromatic nitrogens is 1. The van der Waals surface area contributed by atoms with Crippen molar-refractivity contribution in [1.29, 1.82) is 0 Å². The molecule has 1 fully saturated rings. The first kappa shape index (κ1) is 16.1. The highest BCUT2D eigenvalue weighted by molar-refractivity contribution is 5.84. The second-order valence-corrected chi connectivity index (χ2v) is 6.48. The second kappa shape index (κ2) is 7.18. The van der Waals surface area contributed by atoms with Crippen LogP contribution < -0.4 is 10.9 Å². The lowest BCUT2D eigenvalue weighted by Gasteiger charge is -2.36. The summed E-state index contributed by atoms with van der Waals surface area (Å²) in [6.07, 6.45) is 6.69. The van der Waals surface area contributed by atoms with E-state index in [9.17, 15) is 4.79 Å². The molecule has 2 N–H and O–H groups in total. The van der Waals surface area contributed by atoms with Gasteiger partial charge in [0.05, 0.1) is 0 Å². The van der Waals surface area contributed by atoms with Crippen LogP contribution in [0, 0.1) is 0 Å². The molecule has 1 heterocycles. The molecule has 4 nitrogen and oxygen atoms in total. The smallest absolute Gasteiger partial charge is 0.255 e. The van der Waals surface area contributed by atoms with E-state index in [2.05, 4.69) is 35.1 Å². The highest BCUT2D eigenvalue weighted by Crippen LogP contribution is 2.26. The van der Waals surface area contributed by atoms with Crippen LogP contribution in [0.3, 0.4) is 0 Å². The van der Waals surface area contributed by atoms with Gasteiger partial charge in [0.15, 0.2) is 0 Å². The molecule has 0 radical (unpaired) electrons. The van der Waals surface area contributed by atoms with Gasteiger partial charge in [0.2, 0.25) is 0 Å². The third-order valence-corrected chi connectivity index (χ3v) is 5.17. The monoisotopic (exact) mass is 313 g/mol. The highest BCUT2D eigenvalue weighted by Gasteiger charge is 2.24. The standard InChI is InChI=1S/C19H27N3O/c1-3-22(4-2)17-8-5-15(6-9-17)21-16-7-10-18-14(13-16)11-12-20-19(18)23/h7,10-13,15,17,21H,3-6,8-9H2,1-2H3,(H,20,23)/t15-,17+. The molecule has 0 bridgehead atoms. The zero-order chi connectivity index (χ0) is 16.2. The molecule has 0 aliphatic heterocycles. The summed E-state index contributed by atoms with van der Waals surface area (Å²) in [5, 5.41) is 5.41. The maximum absolute atomic E-state index is 11.8. The fourth-order valence-electron chi connectivity index (χ4n) is 3.84. The second-order valence-electron chi connectivity index (χ2n) is 6.48. The van der Waals surface area contributed by atoms with Gasteiger partial charge in [-0.25, -0.2) is 0 Å². The average Bonchev–Trinajstić information content (AvgIpc) is 2.58. The average molecular weight is 313 g/mol. The largest absolute Gasteiger partial charge is 0.382 e. The van der Waals surface area contributed by atoms with Gasteiger partial charge >= 0.3 is 0 Å². The lowest BCUT2D eigenvalue weighted by atomic mass is 9.90.